The van der Waals surface area contributed by atoms with Gasteiger partial charge in [-0.2, -0.15) is 0 Å². The van der Waals surface area contributed by atoms with Crippen LogP contribution >= 0.6 is 0 Å². The lowest BCUT2D eigenvalue weighted by Gasteiger charge is -1.91. The van der Waals surface area contributed by atoms with Crippen LogP contribution in [0.2, 0.25) is 0 Å². The third-order valence-corrected chi connectivity index (χ3v) is 1.62. The van der Waals surface area contributed by atoms with Crippen molar-refractivity contribution in [2.24, 2.45) is 0 Å². The Morgan fingerprint density at radius 1 is 1.67 bits per heavy atom. The lowest BCUT2D eigenvalue weighted by molar-refractivity contribution is -0.104. The molecule has 2 heteroatoms. The summed E-state index contributed by atoms with van der Waals surface area (Å²) in [5.41, 5.74) is 0.779. The Bertz CT molecular complexity index is 257. The zero-order valence-electron chi connectivity index (χ0n) is 7.12. The first kappa shape index (κ1) is 8.78. The smallest absolute Gasteiger partial charge is 0.145 e. The highest BCUT2D eigenvalue weighted by Crippen LogP contribution is 2.04. The molecule has 0 atom stereocenters. The van der Waals surface area contributed by atoms with E-state index < -0.39 is 0 Å². The first-order valence-corrected chi connectivity index (χ1v) is 3.97. The van der Waals surface area contributed by atoms with Crippen LogP contribution in [0.5, 0.6) is 0 Å². The zero-order valence-corrected chi connectivity index (χ0v) is 7.12. The number of carbonyl (C=O) groups is 1. The van der Waals surface area contributed by atoms with Gasteiger partial charge in [0.25, 0.3) is 0 Å². The van der Waals surface area contributed by atoms with E-state index in [0.29, 0.717) is 0 Å². The van der Waals surface area contributed by atoms with Gasteiger partial charge in [0.05, 0.1) is 6.26 Å². The number of allylic oxidation sites excluding steroid dienone is 2. The lowest BCUT2D eigenvalue weighted by atomic mass is 10.2. The van der Waals surface area contributed by atoms with Gasteiger partial charge in [-0.25, -0.2) is 0 Å². The zero-order chi connectivity index (χ0) is 8.81. The van der Waals surface area contributed by atoms with E-state index in [9.17, 15) is 4.79 Å². The molecule has 0 fully saturated rings. The van der Waals surface area contributed by atoms with Crippen molar-refractivity contribution in [2.45, 2.75) is 19.8 Å². The average Bonchev–Trinajstić information content (AvgIpc) is 2.57. The van der Waals surface area contributed by atoms with E-state index in [0.717, 1.165) is 30.5 Å². The average molecular weight is 164 g/mol. The van der Waals surface area contributed by atoms with E-state index in [1.807, 2.05) is 18.2 Å². The Morgan fingerprint density at radius 2 is 2.50 bits per heavy atom. The molecule has 0 N–H and O–H groups in total. The number of rotatable bonds is 4. The second kappa shape index (κ2) is 4.54. The summed E-state index contributed by atoms with van der Waals surface area (Å²) in [5.74, 6) is 0.963. The molecule has 1 heterocycles. The molecule has 0 radical (unpaired) electrons. The Balaban J connectivity index is 2.32. The van der Waals surface area contributed by atoms with E-state index >= 15 is 0 Å². The van der Waals surface area contributed by atoms with E-state index in [1.165, 1.54) is 0 Å². The maximum atomic E-state index is 10.2. The van der Waals surface area contributed by atoms with Crippen LogP contribution in [0, 0.1) is 0 Å². The molecule has 0 aliphatic carbocycles. The summed E-state index contributed by atoms with van der Waals surface area (Å²) in [4.78, 5) is 10.2. The monoisotopic (exact) mass is 164 g/mol. The molecule has 64 valence electrons. The van der Waals surface area contributed by atoms with Crippen molar-refractivity contribution in [2.75, 3.05) is 0 Å². The van der Waals surface area contributed by atoms with Crippen LogP contribution in [0.3, 0.4) is 0 Å². The maximum absolute atomic E-state index is 10.2. The Kier molecular flexibility index (Phi) is 3.33. The van der Waals surface area contributed by atoms with Crippen molar-refractivity contribution >= 4 is 6.29 Å². The predicted molar refractivity (Wildman–Crippen MR) is 46.9 cm³/mol. The molecule has 0 bridgehead atoms. The van der Waals surface area contributed by atoms with E-state index in [2.05, 4.69) is 0 Å². The van der Waals surface area contributed by atoms with Crippen LogP contribution in [0.25, 0.3) is 0 Å². The fraction of sp³-hybridized carbons (Fsp3) is 0.300. The van der Waals surface area contributed by atoms with Crippen LogP contribution < -0.4 is 0 Å². The van der Waals surface area contributed by atoms with Gasteiger partial charge in [-0.05, 0) is 31.1 Å². The minimum absolute atomic E-state index is 0.779. The summed E-state index contributed by atoms with van der Waals surface area (Å²) < 4.78 is 5.13. The van der Waals surface area contributed by atoms with Crippen molar-refractivity contribution in [1.29, 1.82) is 0 Å². The van der Waals surface area contributed by atoms with Gasteiger partial charge < -0.3 is 4.42 Å². The fourth-order valence-electron chi connectivity index (χ4n) is 0.945. The minimum Gasteiger partial charge on any atom is -0.469 e. The van der Waals surface area contributed by atoms with E-state index in [4.69, 9.17) is 4.42 Å². The third kappa shape index (κ3) is 2.74. The minimum atomic E-state index is 0.779. The first-order valence-electron chi connectivity index (χ1n) is 3.97. The van der Waals surface area contributed by atoms with Crippen molar-refractivity contribution in [3.05, 3.63) is 35.8 Å². The number of furan rings is 1. The van der Waals surface area contributed by atoms with Gasteiger partial charge in [0.2, 0.25) is 0 Å². The first-order chi connectivity index (χ1) is 5.83. The summed E-state index contributed by atoms with van der Waals surface area (Å²) in [6, 6.07) is 3.80. The highest BCUT2D eigenvalue weighted by atomic mass is 16.3. The van der Waals surface area contributed by atoms with Crippen molar-refractivity contribution in [3.63, 3.8) is 0 Å². The van der Waals surface area contributed by atoms with Crippen LogP contribution in [0.1, 0.15) is 19.1 Å². The second-order valence-corrected chi connectivity index (χ2v) is 2.68. The highest BCUT2D eigenvalue weighted by molar-refractivity contribution is 5.71. The van der Waals surface area contributed by atoms with Gasteiger partial charge in [-0.15, -0.1) is 0 Å². The van der Waals surface area contributed by atoms with Crippen molar-refractivity contribution in [1.82, 2.24) is 0 Å². The van der Waals surface area contributed by atoms with Gasteiger partial charge in [0.1, 0.15) is 12.0 Å². The summed E-state index contributed by atoms with van der Waals surface area (Å²) in [7, 11) is 0. The van der Waals surface area contributed by atoms with Gasteiger partial charge in [0, 0.05) is 6.42 Å². The third-order valence-electron chi connectivity index (χ3n) is 1.62. The lowest BCUT2D eigenvalue weighted by Crippen LogP contribution is -1.81. The SMILES string of the molecule is C/C(C=O)=C\CCc1ccco1. The van der Waals surface area contributed by atoms with Gasteiger partial charge in [-0.1, -0.05) is 6.08 Å². The molecule has 1 aromatic rings. The Hall–Kier alpha value is -1.31. The van der Waals surface area contributed by atoms with Crippen molar-refractivity contribution < 1.29 is 9.21 Å². The molecular formula is C10H12O2. The van der Waals surface area contributed by atoms with Crippen LogP contribution in [0.4, 0.5) is 0 Å². The quantitative estimate of drug-likeness (QED) is 0.505. The Morgan fingerprint density at radius 3 is 3.08 bits per heavy atom. The number of aldehydes is 1. The number of aryl methyl sites for hydroxylation is 1. The molecule has 1 aromatic heterocycles. The van der Waals surface area contributed by atoms with E-state index in [-0.39, 0.29) is 0 Å². The number of carbonyl (C=O) groups excluding carboxylic acids is 1. The number of hydrogen-bond acceptors (Lipinski definition) is 2. The second-order valence-electron chi connectivity index (χ2n) is 2.68. The molecule has 0 aliphatic heterocycles. The van der Waals surface area contributed by atoms with E-state index in [1.54, 1.807) is 13.2 Å². The molecule has 0 aliphatic rings. The topological polar surface area (TPSA) is 30.2 Å². The molecule has 0 aromatic carbocycles. The van der Waals surface area contributed by atoms with Gasteiger partial charge in [-0.3, -0.25) is 4.79 Å². The molecule has 0 amide bonds. The van der Waals surface area contributed by atoms with Gasteiger partial charge in [0.15, 0.2) is 0 Å². The molecular weight excluding hydrogens is 152 g/mol. The molecule has 0 unspecified atom stereocenters. The Labute approximate surface area is 71.9 Å². The predicted octanol–water partition coefficient (Wildman–Crippen LogP) is 2.36. The van der Waals surface area contributed by atoms with Crippen molar-refractivity contribution in [3.8, 4) is 0 Å². The van der Waals surface area contributed by atoms with Crippen LogP contribution in [-0.2, 0) is 11.2 Å². The molecule has 2 nitrogen and oxygen atoms in total. The summed E-state index contributed by atoms with van der Waals surface area (Å²) >= 11 is 0. The summed E-state index contributed by atoms with van der Waals surface area (Å²) in [6.45, 7) is 1.80. The molecule has 12 heavy (non-hydrogen) atoms. The largest absolute Gasteiger partial charge is 0.469 e. The van der Waals surface area contributed by atoms with Crippen LogP contribution in [0.15, 0.2) is 34.5 Å². The standard InChI is InChI=1S/C10H12O2/c1-9(8-11)4-2-5-10-6-3-7-12-10/h3-4,6-8H,2,5H2,1H3/b9-4+. The highest BCUT2D eigenvalue weighted by Gasteiger charge is 1.92. The maximum Gasteiger partial charge on any atom is 0.145 e. The van der Waals surface area contributed by atoms with Gasteiger partial charge >= 0.3 is 0 Å². The molecule has 0 saturated heterocycles. The van der Waals surface area contributed by atoms with Crippen LogP contribution in [-0.4, -0.2) is 6.29 Å². The molecule has 0 spiro atoms. The summed E-state index contributed by atoms with van der Waals surface area (Å²) in [6.07, 6.45) is 6.15. The normalized spacial score (nSPS) is 11.6. The fourth-order valence-corrected chi connectivity index (χ4v) is 0.945. The molecule has 1 rings (SSSR count). The number of hydrogen-bond donors (Lipinski definition) is 0. The summed E-state index contributed by atoms with van der Waals surface area (Å²) in [5, 5.41) is 0. The molecule has 0 saturated carbocycles.